The van der Waals surface area contributed by atoms with Crippen LogP contribution in [0.3, 0.4) is 0 Å². The highest BCUT2D eigenvalue weighted by atomic mass is 16.2. The number of nitrogens with zero attached hydrogens (tertiary/aromatic N) is 2. The van der Waals surface area contributed by atoms with Crippen LogP contribution in [0.4, 0.5) is 5.69 Å². The lowest BCUT2D eigenvalue weighted by atomic mass is 10.3. The maximum atomic E-state index is 11.7. The van der Waals surface area contributed by atoms with Gasteiger partial charge in [0.25, 0.3) is 5.91 Å². The van der Waals surface area contributed by atoms with Crippen LogP contribution in [0.15, 0.2) is 6.20 Å². The van der Waals surface area contributed by atoms with Crippen LogP contribution < -0.4 is 16.4 Å². The molecular weight excluding hydrogens is 234 g/mol. The first-order chi connectivity index (χ1) is 8.40. The maximum Gasteiger partial charge on any atom is 0.273 e. The minimum atomic E-state index is -0.370. The summed E-state index contributed by atoms with van der Waals surface area (Å²) in [6.07, 6.45) is 1.79. The Kier molecular flexibility index (Phi) is 4.70. The van der Waals surface area contributed by atoms with Crippen molar-refractivity contribution in [2.24, 2.45) is 7.05 Å². The average molecular weight is 253 g/mol. The Hall–Kier alpha value is -2.05. The number of anilines is 1. The predicted octanol–water partition coefficient (Wildman–Crippen LogP) is -0.353. The summed E-state index contributed by atoms with van der Waals surface area (Å²) in [4.78, 5) is 23.0. The van der Waals surface area contributed by atoms with E-state index in [0.29, 0.717) is 5.69 Å². The molecule has 0 fully saturated rings. The zero-order valence-corrected chi connectivity index (χ0v) is 10.9. The molecule has 100 valence electrons. The first-order valence-electron chi connectivity index (χ1n) is 5.77. The van der Waals surface area contributed by atoms with Gasteiger partial charge in [-0.25, -0.2) is 0 Å². The first kappa shape index (κ1) is 14.0. The molecule has 2 amide bonds. The lowest BCUT2D eigenvalue weighted by molar-refractivity contribution is -0.121. The van der Waals surface area contributed by atoms with Crippen molar-refractivity contribution in [2.75, 3.05) is 12.3 Å². The van der Waals surface area contributed by atoms with Gasteiger partial charge in [0.2, 0.25) is 5.91 Å². The molecule has 1 heterocycles. The van der Waals surface area contributed by atoms with Crippen LogP contribution >= 0.6 is 0 Å². The number of hydrogen-bond acceptors (Lipinski definition) is 4. The summed E-state index contributed by atoms with van der Waals surface area (Å²) in [5, 5.41) is 9.27. The number of amides is 2. The molecule has 0 aliphatic heterocycles. The van der Waals surface area contributed by atoms with E-state index < -0.39 is 0 Å². The fraction of sp³-hybridized carbons (Fsp3) is 0.545. The summed E-state index contributed by atoms with van der Waals surface area (Å²) < 4.78 is 1.47. The summed E-state index contributed by atoms with van der Waals surface area (Å²) in [6, 6.07) is 0.0969. The number of hydrogen-bond donors (Lipinski definition) is 3. The van der Waals surface area contributed by atoms with E-state index in [9.17, 15) is 9.59 Å². The number of aromatic nitrogens is 2. The molecule has 0 saturated carbocycles. The highest BCUT2D eigenvalue weighted by Crippen LogP contribution is 2.07. The van der Waals surface area contributed by atoms with E-state index in [1.807, 2.05) is 13.8 Å². The number of nitrogens with two attached hydrogens (primary N) is 1. The van der Waals surface area contributed by atoms with Crippen molar-refractivity contribution in [3.8, 4) is 0 Å². The van der Waals surface area contributed by atoms with Crippen molar-refractivity contribution in [3.05, 3.63) is 11.9 Å². The fourth-order valence-corrected chi connectivity index (χ4v) is 1.45. The van der Waals surface area contributed by atoms with Crippen molar-refractivity contribution in [3.63, 3.8) is 0 Å². The second kappa shape index (κ2) is 6.04. The SMILES string of the molecule is CC(C)NC(=O)CCNC(=O)c1nn(C)cc1N. The molecule has 7 heteroatoms. The second-order valence-electron chi connectivity index (χ2n) is 4.33. The number of carbonyl (C=O) groups excluding carboxylic acids is 2. The van der Waals surface area contributed by atoms with Crippen molar-refractivity contribution in [1.29, 1.82) is 0 Å². The normalized spacial score (nSPS) is 10.4. The quantitative estimate of drug-likeness (QED) is 0.667. The van der Waals surface area contributed by atoms with Gasteiger partial charge >= 0.3 is 0 Å². The van der Waals surface area contributed by atoms with Gasteiger partial charge < -0.3 is 16.4 Å². The Morgan fingerprint density at radius 3 is 2.67 bits per heavy atom. The lowest BCUT2D eigenvalue weighted by Gasteiger charge is -2.08. The van der Waals surface area contributed by atoms with E-state index in [1.165, 1.54) is 4.68 Å². The third-order valence-electron chi connectivity index (χ3n) is 2.16. The molecule has 0 spiro atoms. The maximum absolute atomic E-state index is 11.7. The van der Waals surface area contributed by atoms with Crippen LogP contribution in [-0.2, 0) is 11.8 Å². The zero-order chi connectivity index (χ0) is 13.7. The van der Waals surface area contributed by atoms with Gasteiger partial charge in [0, 0.05) is 32.3 Å². The number of nitrogens with one attached hydrogen (secondary N) is 2. The lowest BCUT2D eigenvalue weighted by Crippen LogP contribution is -2.34. The molecule has 18 heavy (non-hydrogen) atoms. The van der Waals surface area contributed by atoms with Crippen LogP contribution in [-0.4, -0.2) is 34.2 Å². The number of carbonyl (C=O) groups is 2. The van der Waals surface area contributed by atoms with Crippen molar-refractivity contribution >= 4 is 17.5 Å². The Balaban J connectivity index is 2.38. The highest BCUT2D eigenvalue weighted by Gasteiger charge is 2.13. The standard InChI is InChI=1S/C11H19N5O2/c1-7(2)14-9(17)4-5-13-11(18)10-8(12)6-16(3)15-10/h6-7H,4-5,12H2,1-3H3,(H,13,18)(H,14,17). The summed E-state index contributed by atoms with van der Waals surface area (Å²) in [5.74, 6) is -0.468. The highest BCUT2D eigenvalue weighted by molar-refractivity contribution is 5.97. The minimum absolute atomic E-state index is 0.0969. The van der Waals surface area contributed by atoms with Crippen molar-refractivity contribution < 1.29 is 9.59 Å². The van der Waals surface area contributed by atoms with Gasteiger partial charge in [0.15, 0.2) is 5.69 Å². The van der Waals surface area contributed by atoms with E-state index in [4.69, 9.17) is 5.73 Å². The Morgan fingerprint density at radius 1 is 1.50 bits per heavy atom. The predicted molar refractivity (Wildman–Crippen MR) is 67.8 cm³/mol. The fourth-order valence-electron chi connectivity index (χ4n) is 1.45. The first-order valence-corrected chi connectivity index (χ1v) is 5.77. The molecular formula is C11H19N5O2. The van der Waals surface area contributed by atoms with Gasteiger partial charge in [-0.1, -0.05) is 0 Å². The summed E-state index contributed by atoms with van der Waals surface area (Å²) in [7, 11) is 1.68. The van der Waals surface area contributed by atoms with Gasteiger partial charge in [-0.2, -0.15) is 5.10 Å². The minimum Gasteiger partial charge on any atom is -0.396 e. The van der Waals surface area contributed by atoms with Crippen LogP contribution in [0.1, 0.15) is 30.8 Å². The monoisotopic (exact) mass is 253 g/mol. The van der Waals surface area contributed by atoms with Crippen LogP contribution in [0.25, 0.3) is 0 Å². The zero-order valence-electron chi connectivity index (χ0n) is 10.9. The molecule has 0 aliphatic rings. The van der Waals surface area contributed by atoms with Crippen LogP contribution in [0.5, 0.6) is 0 Å². The molecule has 0 aromatic carbocycles. The number of nitrogen functional groups attached to an aromatic ring is 1. The smallest absolute Gasteiger partial charge is 0.273 e. The van der Waals surface area contributed by atoms with Gasteiger partial charge in [0.1, 0.15) is 0 Å². The molecule has 1 aromatic rings. The third-order valence-corrected chi connectivity index (χ3v) is 2.16. The number of rotatable bonds is 5. The molecule has 7 nitrogen and oxygen atoms in total. The Bertz CT molecular complexity index is 439. The van der Waals surface area contributed by atoms with Crippen LogP contribution in [0, 0.1) is 0 Å². The molecule has 0 radical (unpaired) electrons. The van der Waals surface area contributed by atoms with Gasteiger partial charge in [-0.15, -0.1) is 0 Å². The number of aryl methyl sites for hydroxylation is 1. The molecule has 1 aromatic heterocycles. The molecule has 0 atom stereocenters. The molecule has 1 rings (SSSR count). The Morgan fingerprint density at radius 2 is 2.17 bits per heavy atom. The topological polar surface area (TPSA) is 102 Å². The van der Waals surface area contributed by atoms with E-state index in [1.54, 1.807) is 13.2 Å². The van der Waals surface area contributed by atoms with Gasteiger partial charge in [-0.3, -0.25) is 14.3 Å². The van der Waals surface area contributed by atoms with Crippen molar-refractivity contribution in [1.82, 2.24) is 20.4 Å². The van der Waals surface area contributed by atoms with Gasteiger partial charge in [0.05, 0.1) is 5.69 Å². The molecule has 0 unspecified atom stereocenters. The molecule has 0 aliphatic carbocycles. The summed E-state index contributed by atoms with van der Waals surface area (Å²) in [6.45, 7) is 4.02. The van der Waals surface area contributed by atoms with E-state index in [0.717, 1.165) is 0 Å². The van der Waals surface area contributed by atoms with E-state index >= 15 is 0 Å². The van der Waals surface area contributed by atoms with Crippen molar-refractivity contribution in [2.45, 2.75) is 26.3 Å². The van der Waals surface area contributed by atoms with Gasteiger partial charge in [-0.05, 0) is 13.8 Å². The molecule has 4 N–H and O–H groups in total. The van der Waals surface area contributed by atoms with E-state index in [2.05, 4.69) is 15.7 Å². The molecule has 0 saturated heterocycles. The summed E-state index contributed by atoms with van der Waals surface area (Å²) in [5.41, 5.74) is 6.12. The average Bonchev–Trinajstić information content (AvgIpc) is 2.56. The molecule has 0 bridgehead atoms. The Labute approximate surface area is 106 Å². The largest absolute Gasteiger partial charge is 0.396 e. The van der Waals surface area contributed by atoms with E-state index in [-0.39, 0.29) is 36.5 Å². The summed E-state index contributed by atoms with van der Waals surface area (Å²) >= 11 is 0. The second-order valence-corrected chi connectivity index (χ2v) is 4.33. The third kappa shape index (κ3) is 4.08. The van der Waals surface area contributed by atoms with Crippen LogP contribution in [0.2, 0.25) is 0 Å².